The standard InChI is InChI=1S/C11H17/c1-7-10-3-8-2-9(5-10)6-11(7)4-8/h7-8,10-11H,2-6H2,1H3. The van der Waals surface area contributed by atoms with E-state index in [9.17, 15) is 0 Å². The van der Waals surface area contributed by atoms with E-state index in [-0.39, 0.29) is 0 Å². The summed E-state index contributed by atoms with van der Waals surface area (Å²) < 4.78 is 0. The minimum absolute atomic E-state index is 1.07. The van der Waals surface area contributed by atoms with Crippen LogP contribution in [-0.2, 0) is 0 Å². The first kappa shape index (κ1) is 6.51. The largest absolute Gasteiger partial charge is 0.0620 e. The molecular weight excluding hydrogens is 132 g/mol. The van der Waals surface area contributed by atoms with Crippen LogP contribution in [-0.4, -0.2) is 0 Å². The predicted octanol–water partition coefficient (Wildman–Crippen LogP) is 3.04. The Hall–Kier alpha value is 0. The summed E-state index contributed by atoms with van der Waals surface area (Å²) in [6.45, 7) is 2.49. The zero-order valence-corrected chi connectivity index (χ0v) is 7.34. The maximum Gasteiger partial charge on any atom is -0.0233 e. The summed E-state index contributed by atoms with van der Waals surface area (Å²) in [5.74, 6) is 6.34. The summed E-state index contributed by atoms with van der Waals surface area (Å²) in [6.07, 6.45) is 7.67. The molecule has 1 radical (unpaired) electrons. The van der Waals surface area contributed by atoms with E-state index >= 15 is 0 Å². The van der Waals surface area contributed by atoms with Crippen molar-refractivity contribution in [1.29, 1.82) is 0 Å². The van der Waals surface area contributed by atoms with Gasteiger partial charge in [0.1, 0.15) is 0 Å². The topological polar surface area (TPSA) is 0 Å². The fraction of sp³-hybridized carbons (Fsp3) is 0.909. The highest BCUT2D eigenvalue weighted by atomic mass is 14.5. The number of rotatable bonds is 0. The highest BCUT2D eigenvalue weighted by Crippen LogP contribution is 2.57. The minimum atomic E-state index is 1.07. The van der Waals surface area contributed by atoms with Crippen molar-refractivity contribution in [2.75, 3.05) is 0 Å². The molecule has 0 nitrogen and oxygen atoms in total. The first-order valence-corrected chi connectivity index (χ1v) is 5.16. The van der Waals surface area contributed by atoms with Gasteiger partial charge in [0.25, 0.3) is 0 Å². The second-order valence-electron chi connectivity index (χ2n) is 5.08. The molecule has 0 amide bonds. The molecule has 4 fully saturated rings. The van der Waals surface area contributed by atoms with Crippen LogP contribution in [0, 0.1) is 29.6 Å². The lowest BCUT2D eigenvalue weighted by molar-refractivity contribution is 0.0326. The first-order valence-electron chi connectivity index (χ1n) is 5.16. The summed E-state index contributed by atoms with van der Waals surface area (Å²) in [6, 6.07) is 0. The lowest BCUT2D eigenvalue weighted by Crippen LogP contribution is -2.42. The smallest absolute Gasteiger partial charge is 0.0233 e. The predicted molar refractivity (Wildman–Crippen MR) is 46.0 cm³/mol. The van der Waals surface area contributed by atoms with Crippen molar-refractivity contribution in [2.24, 2.45) is 23.7 Å². The zero-order chi connectivity index (χ0) is 7.42. The average molecular weight is 149 g/mol. The summed E-state index contributed by atoms with van der Waals surface area (Å²) >= 11 is 0. The summed E-state index contributed by atoms with van der Waals surface area (Å²) in [4.78, 5) is 0. The normalized spacial score (nSPS) is 55.4. The van der Waals surface area contributed by atoms with Crippen LogP contribution in [0.2, 0.25) is 0 Å². The quantitative estimate of drug-likeness (QED) is 0.496. The molecule has 0 N–H and O–H groups in total. The maximum atomic E-state index is 2.49. The third-order valence-corrected chi connectivity index (χ3v) is 4.44. The molecule has 2 atom stereocenters. The van der Waals surface area contributed by atoms with E-state index in [1.54, 1.807) is 12.8 Å². The minimum Gasteiger partial charge on any atom is -0.0620 e. The second kappa shape index (κ2) is 2.02. The Balaban J connectivity index is 1.91. The van der Waals surface area contributed by atoms with Crippen LogP contribution in [0.4, 0.5) is 0 Å². The van der Waals surface area contributed by atoms with E-state index in [2.05, 4.69) is 6.92 Å². The van der Waals surface area contributed by atoms with Gasteiger partial charge in [0.05, 0.1) is 0 Å². The van der Waals surface area contributed by atoms with Gasteiger partial charge in [-0.3, -0.25) is 0 Å². The third kappa shape index (κ3) is 0.816. The van der Waals surface area contributed by atoms with Gasteiger partial charge in [-0.2, -0.15) is 0 Å². The molecule has 4 aliphatic carbocycles. The monoisotopic (exact) mass is 149 g/mol. The molecule has 4 aliphatic rings. The van der Waals surface area contributed by atoms with Gasteiger partial charge in [-0.1, -0.05) is 6.92 Å². The molecule has 0 aromatic carbocycles. The highest BCUT2D eigenvalue weighted by Gasteiger charge is 2.46. The molecule has 4 saturated carbocycles. The molecule has 2 unspecified atom stereocenters. The van der Waals surface area contributed by atoms with Crippen LogP contribution >= 0.6 is 0 Å². The lowest BCUT2D eigenvalue weighted by Gasteiger charge is -2.53. The molecule has 0 aliphatic heterocycles. The lowest BCUT2D eigenvalue weighted by atomic mass is 9.52. The molecule has 11 heavy (non-hydrogen) atoms. The van der Waals surface area contributed by atoms with E-state index in [1.807, 2.05) is 5.92 Å². The van der Waals surface area contributed by atoms with Gasteiger partial charge in [-0.15, -0.1) is 0 Å². The van der Waals surface area contributed by atoms with Gasteiger partial charge in [0.15, 0.2) is 0 Å². The van der Waals surface area contributed by atoms with Gasteiger partial charge in [0, 0.05) is 0 Å². The Kier molecular flexibility index (Phi) is 1.20. The Bertz CT molecular complexity index is 143. The van der Waals surface area contributed by atoms with Crippen molar-refractivity contribution in [2.45, 2.75) is 39.0 Å². The first-order chi connectivity index (χ1) is 5.33. The Morgan fingerprint density at radius 3 is 2.18 bits per heavy atom. The molecule has 0 aromatic rings. The summed E-state index contributed by atoms with van der Waals surface area (Å²) in [7, 11) is 0. The number of hydrogen-bond donors (Lipinski definition) is 0. The van der Waals surface area contributed by atoms with E-state index in [1.165, 1.54) is 19.3 Å². The molecule has 0 aromatic heterocycles. The van der Waals surface area contributed by atoms with Gasteiger partial charge >= 0.3 is 0 Å². The Morgan fingerprint density at radius 2 is 1.64 bits per heavy atom. The Labute approximate surface area is 69.4 Å². The van der Waals surface area contributed by atoms with E-state index in [0.717, 1.165) is 23.7 Å². The van der Waals surface area contributed by atoms with Crippen molar-refractivity contribution in [3.05, 3.63) is 5.92 Å². The van der Waals surface area contributed by atoms with E-state index in [4.69, 9.17) is 0 Å². The SMILES string of the molecule is CC1C2C[C]3CC(C2)CC1C3. The molecule has 4 bridgehead atoms. The Morgan fingerprint density at radius 1 is 1.00 bits per heavy atom. The maximum absolute atomic E-state index is 2.49. The van der Waals surface area contributed by atoms with Crippen LogP contribution in [0.15, 0.2) is 0 Å². The molecule has 0 heteroatoms. The van der Waals surface area contributed by atoms with Crippen LogP contribution < -0.4 is 0 Å². The van der Waals surface area contributed by atoms with Crippen LogP contribution in [0.1, 0.15) is 39.0 Å². The zero-order valence-electron chi connectivity index (χ0n) is 7.34. The second-order valence-corrected chi connectivity index (χ2v) is 5.08. The van der Waals surface area contributed by atoms with Gasteiger partial charge in [0.2, 0.25) is 0 Å². The average Bonchev–Trinajstić information content (AvgIpc) is 1.98. The summed E-state index contributed by atoms with van der Waals surface area (Å²) in [5.41, 5.74) is 0. The van der Waals surface area contributed by atoms with E-state index < -0.39 is 0 Å². The van der Waals surface area contributed by atoms with Gasteiger partial charge in [-0.05, 0) is 61.7 Å². The highest BCUT2D eigenvalue weighted by molar-refractivity contribution is 5.10. The van der Waals surface area contributed by atoms with Crippen LogP contribution in [0.25, 0.3) is 0 Å². The molecule has 61 valence electrons. The van der Waals surface area contributed by atoms with Crippen molar-refractivity contribution in [1.82, 2.24) is 0 Å². The molecule has 4 rings (SSSR count). The fourth-order valence-electron chi connectivity index (χ4n) is 3.87. The van der Waals surface area contributed by atoms with Gasteiger partial charge < -0.3 is 0 Å². The molecule has 0 spiro atoms. The third-order valence-electron chi connectivity index (χ3n) is 4.44. The number of hydrogen-bond acceptors (Lipinski definition) is 0. The molecular formula is C11H17. The van der Waals surface area contributed by atoms with Gasteiger partial charge in [-0.25, -0.2) is 0 Å². The fourth-order valence-corrected chi connectivity index (χ4v) is 3.87. The van der Waals surface area contributed by atoms with Crippen LogP contribution in [0.3, 0.4) is 0 Å². The van der Waals surface area contributed by atoms with Crippen molar-refractivity contribution in [3.8, 4) is 0 Å². The van der Waals surface area contributed by atoms with Crippen molar-refractivity contribution < 1.29 is 0 Å². The molecule has 0 heterocycles. The molecule has 0 saturated heterocycles. The van der Waals surface area contributed by atoms with Crippen molar-refractivity contribution in [3.63, 3.8) is 0 Å². The van der Waals surface area contributed by atoms with Crippen molar-refractivity contribution >= 4 is 0 Å². The summed E-state index contributed by atoms with van der Waals surface area (Å²) in [5, 5.41) is 0. The van der Waals surface area contributed by atoms with Crippen LogP contribution in [0.5, 0.6) is 0 Å². The van der Waals surface area contributed by atoms with E-state index in [0.29, 0.717) is 0 Å².